The number of hydrogen-bond donors (Lipinski definition) is 1. The van der Waals surface area contributed by atoms with Crippen molar-refractivity contribution in [3.8, 4) is 11.8 Å². The van der Waals surface area contributed by atoms with Crippen LogP contribution in [0.5, 0.6) is 0 Å². The van der Waals surface area contributed by atoms with Gasteiger partial charge in [0.05, 0.1) is 6.54 Å². The van der Waals surface area contributed by atoms with Crippen LogP contribution in [0.4, 0.5) is 0 Å². The predicted octanol–water partition coefficient (Wildman–Crippen LogP) is 5.79. The molecule has 0 aromatic heterocycles. The Morgan fingerprint density at radius 2 is 1.55 bits per heavy atom. The van der Waals surface area contributed by atoms with E-state index in [0.717, 1.165) is 31.5 Å². The maximum absolute atomic E-state index is 11.6. The molecule has 0 saturated heterocycles. The minimum Gasteiger partial charge on any atom is -0.384 e. The fraction of sp³-hybridized carbons (Fsp3) is 0.462. The molecule has 0 radical (unpaired) electrons. The first-order chi connectivity index (χ1) is 13.6. The first kappa shape index (κ1) is 23.5. The fourth-order valence-electron chi connectivity index (χ4n) is 4.21. The lowest BCUT2D eigenvalue weighted by Crippen LogP contribution is -2.33. The average molecular weight is 412 g/mol. The minimum atomic E-state index is -0.827. The first-order valence-electron chi connectivity index (χ1n) is 10.6. The summed E-state index contributed by atoms with van der Waals surface area (Å²) < 4.78 is 0. The Morgan fingerprint density at radius 1 is 0.966 bits per heavy atom. The third kappa shape index (κ3) is 6.34. The van der Waals surface area contributed by atoms with E-state index >= 15 is 0 Å². The molecule has 2 aromatic rings. The van der Waals surface area contributed by atoms with Crippen LogP contribution in [0.25, 0.3) is 0 Å². The van der Waals surface area contributed by atoms with Crippen LogP contribution in [0.1, 0.15) is 57.1 Å². The van der Waals surface area contributed by atoms with Crippen molar-refractivity contribution in [1.82, 2.24) is 4.90 Å². The van der Waals surface area contributed by atoms with Crippen LogP contribution in [-0.2, 0) is 12.1 Å². The molecule has 3 rings (SSSR count). The Hall–Kier alpha value is -1.79. The van der Waals surface area contributed by atoms with Crippen molar-refractivity contribution in [3.63, 3.8) is 0 Å². The molecule has 1 unspecified atom stereocenters. The van der Waals surface area contributed by atoms with Crippen molar-refractivity contribution in [2.45, 2.75) is 64.1 Å². The molecule has 1 atom stereocenters. The minimum absolute atomic E-state index is 0. The number of halogens is 1. The largest absolute Gasteiger partial charge is 0.384 e. The van der Waals surface area contributed by atoms with Crippen LogP contribution in [0.2, 0.25) is 0 Å². The lowest BCUT2D eigenvalue weighted by molar-refractivity contribution is -0.0173. The molecule has 156 valence electrons. The molecule has 1 saturated carbocycles. The van der Waals surface area contributed by atoms with Gasteiger partial charge in [-0.15, -0.1) is 12.4 Å². The molecule has 0 spiro atoms. The van der Waals surface area contributed by atoms with E-state index in [1.165, 1.54) is 18.4 Å². The molecular formula is C26H34ClNO. The molecule has 1 N–H and O–H groups in total. The van der Waals surface area contributed by atoms with Gasteiger partial charge in [-0.2, -0.15) is 0 Å². The molecule has 1 aliphatic carbocycles. The number of rotatable bonds is 7. The molecule has 0 amide bonds. The molecule has 3 heteroatoms. The summed E-state index contributed by atoms with van der Waals surface area (Å²) in [5, 5.41) is 11.6. The Labute approximate surface area is 182 Å². The van der Waals surface area contributed by atoms with Gasteiger partial charge in [-0.05, 0) is 43.7 Å². The topological polar surface area (TPSA) is 23.5 Å². The zero-order chi connectivity index (χ0) is 19.8. The normalized spacial score (nSPS) is 16.2. The number of aliphatic hydroxyl groups is 1. The second-order valence-electron chi connectivity index (χ2n) is 8.29. The van der Waals surface area contributed by atoms with Crippen LogP contribution in [0.15, 0.2) is 60.7 Å². The zero-order valence-electron chi connectivity index (χ0n) is 17.7. The van der Waals surface area contributed by atoms with Gasteiger partial charge in [0.1, 0.15) is 5.60 Å². The van der Waals surface area contributed by atoms with Gasteiger partial charge in [0.15, 0.2) is 0 Å². The first-order valence-corrected chi connectivity index (χ1v) is 10.6. The second kappa shape index (κ2) is 11.4. The molecule has 2 aromatic carbocycles. The Balaban J connectivity index is 0.00000300. The molecule has 0 bridgehead atoms. The predicted molar refractivity (Wildman–Crippen MR) is 124 cm³/mol. The van der Waals surface area contributed by atoms with E-state index in [-0.39, 0.29) is 12.4 Å². The number of nitrogens with zero attached hydrogens (tertiary/aromatic N) is 1. The number of benzene rings is 2. The van der Waals surface area contributed by atoms with Crippen molar-refractivity contribution in [3.05, 3.63) is 71.8 Å². The number of hydrogen-bond acceptors (Lipinski definition) is 2. The summed E-state index contributed by atoms with van der Waals surface area (Å²) in [6, 6.07) is 21.1. The Kier molecular flexibility index (Phi) is 9.24. The van der Waals surface area contributed by atoms with Gasteiger partial charge in [0, 0.05) is 19.0 Å². The van der Waals surface area contributed by atoms with Gasteiger partial charge < -0.3 is 5.11 Å². The molecule has 1 aliphatic rings. The monoisotopic (exact) mass is 411 g/mol. The van der Waals surface area contributed by atoms with E-state index in [0.29, 0.717) is 18.4 Å². The average Bonchev–Trinajstić information content (AvgIpc) is 3.27. The molecule has 2 nitrogen and oxygen atoms in total. The van der Waals surface area contributed by atoms with Crippen molar-refractivity contribution in [2.75, 3.05) is 6.54 Å². The third-order valence-electron chi connectivity index (χ3n) is 6.03. The maximum atomic E-state index is 11.6. The van der Waals surface area contributed by atoms with E-state index in [9.17, 15) is 5.11 Å². The SMILES string of the molecule is CC(C)N(CC#CCC(O)(c1ccccc1)C1CCCC1)Cc1ccccc1.Cl. The van der Waals surface area contributed by atoms with E-state index in [1.54, 1.807) is 0 Å². The standard InChI is InChI=1S/C26H33NO.ClH/c1-22(2)27(21-23-13-5-3-6-14-23)20-12-11-19-26(28,25-17-9-10-18-25)24-15-7-4-8-16-24;/h3-8,13-16,22,25,28H,9-10,17-21H2,1-2H3;1H. The second-order valence-corrected chi connectivity index (χ2v) is 8.29. The summed E-state index contributed by atoms with van der Waals surface area (Å²) in [5.41, 5.74) is 1.50. The third-order valence-corrected chi connectivity index (χ3v) is 6.03. The quantitative estimate of drug-likeness (QED) is 0.583. The molecule has 29 heavy (non-hydrogen) atoms. The Bertz CT molecular complexity index is 775. The highest BCUT2D eigenvalue weighted by atomic mass is 35.5. The van der Waals surface area contributed by atoms with Crippen molar-refractivity contribution in [1.29, 1.82) is 0 Å². The van der Waals surface area contributed by atoms with Crippen molar-refractivity contribution < 1.29 is 5.11 Å². The van der Waals surface area contributed by atoms with Gasteiger partial charge in [0.25, 0.3) is 0 Å². The van der Waals surface area contributed by atoms with Crippen LogP contribution >= 0.6 is 12.4 Å². The summed E-state index contributed by atoms with van der Waals surface area (Å²) in [6.07, 6.45) is 5.13. The van der Waals surface area contributed by atoms with Crippen LogP contribution in [0, 0.1) is 17.8 Å². The van der Waals surface area contributed by atoms with Crippen LogP contribution in [0.3, 0.4) is 0 Å². The molecular weight excluding hydrogens is 378 g/mol. The smallest absolute Gasteiger partial charge is 0.103 e. The summed E-state index contributed by atoms with van der Waals surface area (Å²) in [4.78, 5) is 2.37. The van der Waals surface area contributed by atoms with Gasteiger partial charge >= 0.3 is 0 Å². The van der Waals surface area contributed by atoms with Crippen molar-refractivity contribution in [2.24, 2.45) is 5.92 Å². The van der Waals surface area contributed by atoms with Gasteiger partial charge in [-0.25, -0.2) is 0 Å². The highest BCUT2D eigenvalue weighted by Gasteiger charge is 2.39. The highest BCUT2D eigenvalue weighted by Crippen LogP contribution is 2.42. The molecule has 1 fully saturated rings. The summed E-state index contributed by atoms with van der Waals surface area (Å²) >= 11 is 0. The summed E-state index contributed by atoms with van der Waals surface area (Å²) in [7, 11) is 0. The van der Waals surface area contributed by atoms with E-state index < -0.39 is 5.60 Å². The van der Waals surface area contributed by atoms with Gasteiger partial charge in [-0.1, -0.05) is 85.3 Å². The van der Waals surface area contributed by atoms with Gasteiger partial charge in [0.2, 0.25) is 0 Å². The van der Waals surface area contributed by atoms with E-state index in [4.69, 9.17) is 0 Å². The summed E-state index contributed by atoms with van der Waals surface area (Å²) in [6.45, 7) is 6.05. The summed E-state index contributed by atoms with van der Waals surface area (Å²) in [5.74, 6) is 7.00. The Morgan fingerprint density at radius 3 is 2.14 bits per heavy atom. The highest BCUT2D eigenvalue weighted by molar-refractivity contribution is 5.85. The van der Waals surface area contributed by atoms with E-state index in [2.05, 4.69) is 73.1 Å². The maximum Gasteiger partial charge on any atom is 0.103 e. The lowest BCUT2D eigenvalue weighted by Gasteiger charge is -2.33. The molecule has 0 aliphatic heterocycles. The van der Waals surface area contributed by atoms with Crippen LogP contribution in [-0.4, -0.2) is 22.6 Å². The van der Waals surface area contributed by atoms with Gasteiger partial charge in [-0.3, -0.25) is 4.90 Å². The van der Waals surface area contributed by atoms with E-state index in [1.807, 2.05) is 18.2 Å². The van der Waals surface area contributed by atoms with Crippen LogP contribution < -0.4 is 0 Å². The fourth-order valence-corrected chi connectivity index (χ4v) is 4.21. The molecule has 0 heterocycles. The zero-order valence-corrected chi connectivity index (χ0v) is 18.5. The van der Waals surface area contributed by atoms with Crippen molar-refractivity contribution >= 4 is 12.4 Å². The lowest BCUT2D eigenvalue weighted by atomic mass is 9.78.